The number of anilines is 1. The number of carbonyl (C=O) groups is 1. The monoisotopic (exact) mass is 234 g/mol. The van der Waals surface area contributed by atoms with Crippen LogP contribution in [0, 0.1) is 10.1 Å². The third-order valence-corrected chi connectivity index (χ3v) is 3.22. The molecule has 1 unspecified atom stereocenters. The van der Waals surface area contributed by atoms with Gasteiger partial charge in [-0.3, -0.25) is 14.9 Å². The Kier molecular flexibility index (Phi) is 3.08. The van der Waals surface area contributed by atoms with E-state index in [0.29, 0.717) is 12.3 Å². The largest absolute Gasteiger partial charge is 0.369 e. The lowest BCUT2D eigenvalue weighted by atomic mass is 10.1. The van der Waals surface area contributed by atoms with Crippen molar-refractivity contribution in [2.75, 3.05) is 11.4 Å². The van der Waals surface area contributed by atoms with Gasteiger partial charge in [-0.15, -0.1) is 0 Å². The molecule has 0 aromatic heterocycles. The molecule has 0 bridgehead atoms. The van der Waals surface area contributed by atoms with Crippen LogP contribution in [0.3, 0.4) is 0 Å². The van der Waals surface area contributed by atoms with Gasteiger partial charge >= 0.3 is 0 Å². The summed E-state index contributed by atoms with van der Waals surface area (Å²) in [6.07, 6.45) is 2.78. The summed E-state index contributed by atoms with van der Waals surface area (Å²) in [5, 5.41) is 10.7. The molecule has 0 aliphatic carbocycles. The van der Waals surface area contributed by atoms with Crippen LogP contribution < -0.4 is 4.90 Å². The smallest absolute Gasteiger partial charge is 0.280 e. The number of rotatable bonds is 3. The van der Waals surface area contributed by atoms with Gasteiger partial charge in [0.1, 0.15) is 0 Å². The van der Waals surface area contributed by atoms with Crippen LogP contribution >= 0.6 is 0 Å². The van der Waals surface area contributed by atoms with Gasteiger partial charge in [-0.1, -0.05) is 0 Å². The highest BCUT2D eigenvalue weighted by atomic mass is 16.6. The second kappa shape index (κ2) is 4.53. The summed E-state index contributed by atoms with van der Waals surface area (Å²) in [5.74, 6) is 0. The van der Waals surface area contributed by atoms with Gasteiger partial charge in [0, 0.05) is 24.3 Å². The van der Waals surface area contributed by atoms with E-state index in [1.54, 1.807) is 12.1 Å². The first kappa shape index (κ1) is 11.6. The van der Waals surface area contributed by atoms with E-state index >= 15 is 0 Å². The lowest BCUT2D eigenvalue weighted by molar-refractivity contribution is -0.385. The van der Waals surface area contributed by atoms with E-state index in [1.165, 1.54) is 6.07 Å². The number of nitro groups is 1. The van der Waals surface area contributed by atoms with Gasteiger partial charge in [0.15, 0.2) is 6.29 Å². The second-order valence-corrected chi connectivity index (χ2v) is 4.30. The summed E-state index contributed by atoms with van der Waals surface area (Å²) in [4.78, 5) is 23.2. The zero-order valence-electron chi connectivity index (χ0n) is 9.63. The van der Waals surface area contributed by atoms with Gasteiger partial charge in [-0.25, -0.2) is 0 Å². The summed E-state index contributed by atoms with van der Waals surface area (Å²) in [5.41, 5.74) is 0.907. The summed E-state index contributed by atoms with van der Waals surface area (Å²) in [6, 6.07) is 5.15. The lowest BCUT2D eigenvalue weighted by Gasteiger charge is -2.23. The number of nitro benzene ring substituents is 1. The number of carbonyl (C=O) groups excluding carboxylic acids is 1. The van der Waals surface area contributed by atoms with Crippen LogP contribution in [0.25, 0.3) is 0 Å². The Balaban J connectivity index is 2.37. The minimum absolute atomic E-state index is 0.129. The molecular formula is C12H14N2O3. The van der Waals surface area contributed by atoms with E-state index in [0.717, 1.165) is 25.1 Å². The van der Waals surface area contributed by atoms with Crippen molar-refractivity contribution in [3.63, 3.8) is 0 Å². The number of nitrogens with zero attached hydrogens (tertiary/aromatic N) is 2. The summed E-state index contributed by atoms with van der Waals surface area (Å²) in [6.45, 7) is 3.06. The van der Waals surface area contributed by atoms with Crippen LogP contribution in [-0.2, 0) is 0 Å². The molecule has 0 N–H and O–H groups in total. The van der Waals surface area contributed by atoms with Crippen LogP contribution in [0.5, 0.6) is 0 Å². The van der Waals surface area contributed by atoms with Crippen molar-refractivity contribution in [1.29, 1.82) is 0 Å². The maximum absolute atomic E-state index is 10.9. The molecular weight excluding hydrogens is 220 g/mol. The summed E-state index contributed by atoms with van der Waals surface area (Å²) >= 11 is 0. The van der Waals surface area contributed by atoms with Gasteiger partial charge in [-0.2, -0.15) is 0 Å². The van der Waals surface area contributed by atoms with Gasteiger partial charge in [-0.05, 0) is 31.9 Å². The Morgan fingerprint density at radius 1 is 1.53 bits per heavy atom. The van der Waals surface area contributed by atoms with E-state index in [2.05, 4.69) is 11.8 Å². The minimum atomic E-state index is -0.527. The normalized spacial score (nSPS) is 19.4. The standard InChI is InChI=1S/C12H14N2O3/c1-9-3-2-6-13(9)11-4-5-12(14(16)17)10(7-11)8-15/h4-5,7-9H,2-3,6H2,1H3. The zero-order chi connectivity index (χ0) is 12.4. The Hall–Kier alpha value is -1.91. The van der Waals surface area contributed by atoms with Crippen LogP contribution in [0.15, 0.2) is 18.2 Å². The van der Waals surface area contributed by atoms with E-state index < -0.39 is 4.92 Å². The molecule has 1 aromatic carbocycles. The molecule has 1 aliphatic rings. The Bertz CT molecular complexity index is 459. The highest BCUT2D eigenvalue weighted by Gasteiger charge is 2.22. The topological polar surface area (TPSA) is 63.4 Å². The molecule has 0 amide bonds. The zero-order valence-corrected chi connectivity index (χ0v) is 9.63. The van der Waals surface area contributed by atoms with Crippen molar-refractivity contribution in [2.45, 2.75) is 25.8 Å². The van der Waals surface area contributed by atoms with Crippen LogP contribution in [0.4, 0.5) is 11.4 Å². The lowest BCUT2D eigenvalue weighted by Crippen LogP contribution is -2.26. The number of hydrogen-bond acceptors (Lipinski definition) is 4. The van der Waals surface area contributed by atoms with E-state index in [-0.39, 0.29) is 11.3 Å². The average Bonchev–Trinajstić information content (AvgIpc) is 2.74. The minimum Gasteiger partial charge on any atom is -0.369 e. The first-order valence-electron chi connectivity index (χ1n) is 5.63. The Morgan fingerprint density at radius 3 is 2.82 bits per heavy atom. The summed E-state index contributed by atoms with van der Waals surface area (Å²) in [7, 11) is 0. The van der Waals surface area contributed by atoms with Crippen molar-refractivity contribution in [3.05, 3.63) is 33.9 Å². The molecule has 0 saturated carbocycles. The number of benzene rings is 1. The maximum Gasteiger partial charge on any atom is 0.280 e. The first-order valence-corrected chi connectivity index (χ1v) is 5.63. The van der Waals surface area contributed by atoms with Crippen LogP contribution in [0.2, 0.25) is 0 Å². The number of hydrogen-bond donors (Lipinski definition) is 0. The molecule has 0 radical (unpaired) electrons. The molecule has 5 heteroatoms. The molecule has 1 atom stereocenters. The Labute approximate surface area is 99.2 Å². The quantitative estimate of drug-likeness (QED) is 0.457. The molecule has 0 spiro atoms. The molecule has 17 heavy (non-hydrogen) atoms. The molecule has 1 aromatic rings. The SMILES string of the molecule is CC1CCCN1c1ccc([N+](=O)[O-])c(C=O)c1. The fraction of sp³-hybridized carbons (Fsp3) is 0.417. The third-order valence-electron chi connectivity index (χ3n) is 3.22. The van der Waals surface area contributed by atoms with E-state index in [4.69, 9.17) is 0 Å². The summed E-state index contributed by atoms with van der Waals surface area (Å²) < 4.78 is 0. The van der Waals surface area contributed by atoms with Crippen molar-refractivity contribution >= 4 is 17.7 Å². The number of aldehydes is 1. The van der Waals surface area contributed by atoms with Crippen molar-refractivity contribution in [1.82, 2.24) is 0 Å². The maximum atomic E-state index is 10.9. The van der Waals surface area contributed by atoms with Crippen molar-refractivity contribution in [3.8, 4) is 0 Å². The molecule has 1 aliphatic heterocycles. The predicted molar refractivity (Wildman–Crippen MR) is 64.5 cm³/mol. The van der Waals surface area contributed by atoms with E-state index in [1.807, 2.05) is 0 Å². The fourth-order valence-corrected chi connectivity index (χ4v) is 2.30. The van der Waals surface area contributed by atoms with Crippen LogP contribution in [0.1, 0.15) is 30.1 Å². The van der Waals surface area contributed by atoms with Gasteiger partial charge in [0.05, 0.1) is 10.5 Å². The molecule has 5 nitrogen and oxygen atoms in total. The predicted octanol–water partition coefficient (Wildman–Crippen LogP) is 2.40. The van der Waals surface area contributed by atoms with Crippen LogP contribution in [-0.4, -0.2) is 23.8 Å². The molecule has 2 rings (SSSR count). The van der Waals surface area contributed by atoms with Gasteiger partial charge in [0.25, 0.3) is 5.69 Å². The van der Waals surface area contributed by atoms with Gasteiger partial charge < -0.3 is 4.90 Å². The Morgan fingerprint density at radius 2 is 2.29 bits per heavy atom. The highest BCUT2D eigenvalue weighted by Crippen LogP contribution is 2.29. The first-order chi connectivity index (χ1) is 8.13. The third kappa shape index (κ3) is 2.13. The molecule has 1 saturated heterocycles. The van der Waals surface area contributed by atoms with Crippen molar-refractivity contribution < 1.29 is 9.72 Å². The van der Waals surface area contributed by atoms with E-state index in [9.17, 15) is 14.9 Å². The average molecular weight is 234 g/mol. The highest BCUT2D eigenvalue weighted by molar-refractivity contribution is 5.83. The second-order valence-electron chi connectivity index (χ2n) is 4.30. The van der Waals surface area contributed by atoms with Crippen molar-refractivity contribution in [2.24, 2.45) is 0 Å². The van der Waals surface area contributed by atoms with Gasteiger partial charge in [0.2, 0.25) is 0 Å². The molecule has 90 valence electrons. The fourth-order valence-electron chi connectivity index (χ4n) is 2.30. The molecule has 1 fully saturated rings. The molecule has 1 heterocycles.